The zero-order chi connectivity index (χ0) is 14.3. The SMILES string of the molecule is CCCC(C)(CNCC)Cc1cccc(OC)c1F. The maximum atomic E-state index is 14.2. The summed E-state index contributed by atoms with van der Waals surface area (Å²) < 4.78 is 19.3. The largest absolute Gasteiger partial charge is 0.494 e. The molecule has 0 fully saturated rings. The Hall–Kier alpha value is -1.09. The fraction of sp³-hybridized carbons (Fsp3) is 0.625. The summed E-state index contributed by atoms with van der Waals surface area (Å²) in [5, 5.41) is 3.39. The summed E-state index contributed by atoms with van der Waals surface area (Å²) in [5.41, 5.74) is 0.825. The van der Waals surface area contributed by atoms with Crippen LogP contribution in [0.15, 0.2) is 18.2 Å². The molecule has 0 heterocycles. The molecule has 0 saturated carbocycles. The summed E-state index contributed by atoms with van der Waals surface area (Å²) >= 11 is 0. The summed E-state index contributed by atoms with van der Waals surface area (Å²) in [5.74, 6) is 0.114. The van der Waals surface area contributed by atoms with Crippen molar-refractivity contribution < 1.29 is 9.13 Å². The van der Waals surface area contributed by atoms with Crippen LogP contribution in [0.25, 0.3) is 0 Å². The molecule has 0 spiro atoms. The second-order valence-corrected chi connectivity index (χ2v) is 5.45. The number of hydrogen-bond donors (Lipinski definition) is 1. The monoisotopic (exact) mass is 267 g/mol. The van der Waals surface area contributed by atoms with Gasteiger partial charge in [-0.15, -0.1) is 0 Å². The van der Waals surface area contributed by atoms with E-state index in [1.54, 1.807) is 6.07 Å². The molecular formula is C16H26FNO. The number of ether oxygens (including phenoxy) is 1. The second-order valence-electron chi connectivity index (χ2n) is 5.45. The molecule has 1 aromatic rings. The van der Waals surface area contributed by atoms with E-state index in [2.05, 4.69) is 26.1 Å². The standard InChI is InChI=1S/C16H26FNO/c1-5-10-16(3,12-18-6-2)11-13-8-7-9-14(19-4)15(13)17/h7-9,18H,5-6,10-12H2,1-4H3. The van der Waals surface area contributed by atoms with Gasteiger partial charge in [-0.1, -0.05) is 39.3 Å². The fourth-order valence-corrected chi connectivity index (χ4v) is 2.58. The molecule has 2 nitrogen and oxygen atoms in total. The van der Waals surface area contributed by atoms with Crippen molar-refractivity contribution in [2.75, 3.05) is 20.2 Å². The fourth-order valence-electron chi connectivity index (χ4n) is 2.58. The van der Waals surface area contributed by atoms with Crippen LogP contribution in [0.1, 0.15) is 39.2 Å². The van der Waals surface area contributed by atoms with Gasteiger partial charge in [-0.2, -0.15) is 0 Å². The number of nitrogens with one attached hydrogen (secondary N) is 1. The van der Waals surface area contributed by atoms with Crippen molar-refractivity contribution in [2.24, 2.45) is 5.41 Å². The highest BCUT2D eigenvalue weighted by Gasteiger charge is 2.25. The zero-order valence-electron chi connectivity index (χ0n) is 12.6. The first kappa shape index (κ1) is 16.0. The van der Waals surface area contributed by atoms with Gasteiger partial charge in [0.2, 0.25) is 0 Å². The van der Waals surface area contributed by atoms with E-state index < -0.39 is 0 Å². The molecule has 0 aliphatic rings. The smallest absolute Gasteiger partial charge is 0.168 e. The van der Waals surface area contributed by atoms with Crippen LogP contribution >= 0.6 is 0 Å². The van der Waals surface area contributed by atoms with E-state index >= 15 is 0 Å². The van der Waals surface area contributed by atoms with Crippen molar-refractivity contribution in [3.05, 3.63) is 29.6 Å². The van der Waals surface area contributed by atoms with Gasteiger partial charge in [0.05, 0.1) is 7.11 Å². The van der Waals surface area contributed by atoms with Crippen LogP contribution in [-0.2, 0) is 6.42 Å². The molecule has 1 rings (SSSR count). The highest BCUT2D eigenvalue weighted by Crippen LogP contribution is 2.31. The molecule has 0 aliphatic heterocycles. The Bertz CT molecular complexity index is 394. The quantitative estimate of drug-likeness (QED) is 0.773. The average Bonchev–Trinajstić information content (AvgIpc) is 2.39. The van der Waals surface area contributed by atoms with Crippen LogP contribution in [0.3, 0.4) is 0 Å². The lowest BCUT2D eigenvalue weighted by molar-refractivity contribution is 0.272. The summed E-state index contributed by atoms with van der Waals surface area (Å²) in [7, 11) is 1.51. The Balaban J connectivity index is 2.89. The third kappa shape index (κ3) is 4.50. The topological polar surface area (TPSA) is 21.3 Å². The summed E-state index contributed by atoms with van der Waals surface area (Å²) in [6.45, 7) is 8.34. The predicted molar refractivity (Wildman–Crippen MR) is 78.2 cm³/mol. The summed E-state index contributed by atoms with van der Waals surface area (Å²) in [6.07, 6.45) is 2.92. The molecule has 1 aromatic carbocycles. The molecule has 0 aliphatic carbocycles. The predicted octanol–water partition coefficient (Wildman–Crippen LogP) is 3.79. The van der Waals surface area contributed by atoms with E-state index in [4.69, 9.17) is 4.74 Å². The highest BCUT2D eigenvalue weighted by atomic mass is 19.1. The normalized spacial score (nSPS) is 14.2. The van der Waals surface area contributed by atoms with Crippen molar-refractivity contribution in [3.8, 4) is 5.75 Å². The maximum absolute atomic E-state index is 14.2. The number of methoxy groups -OCH3 is 1. The first-order valence-electron chi connectivity index (χ1n) is 7.08. The minimum Gasteiger partial charge on any atom is -0.494 e. The first-order valence-corrected chi connectivity index (χ1v) is 7.08. The minimum absolute atomic E-state index is 0.0813. The molecule has 1 unspecified atom stereocenters. The Morgan fingerprint density at radius 1 is 1.32 bits per heavy atom. The zero-order valence-corrected chi connectivity index (χ0v) is 12.6. The van der Waals surface area contributed by atoms with Gasteiger partial charge in [-0.3, -0.25) is 0 Å². The van der Waals surface area contributed by atoms with Crippen LogP contribution in [-0.4, -0.2) is 20.2 Å². The van der Waals surface area contributed by atoms with E-state index in [0.29, 0.717) is 5.75 Å². The second kappa shape index (κ2) is 7.49. The molecule has 1 N–H and O–H groups in total. The molecule has 1 atom stereocenters. The number of hydrogen-bond acceptors (Lipinski definition) is 2. The number of rotatable bonds is 8. The molecule has 0 aromatic heterocycles. The van der Waals surface area contributed by atoms with E-state index in [1.807, 2.05) is 12.1 Å². The van der Waals surface area contributed by atoms with Crippen molar-refractivity contribution >= 4 is 0 Å². The minimum atomic E-state index is -0.219. The Morgan fingerprint density at radius 2 is 2.05 bits per heavy atom. The summed E-state index contributed by atoms with van der Waals surface area (Å²) in [6, 6.07) is 5.38. The number of benzene rings is 1. The van der Waals surface area contributed by atoms with Gasteiger partial charge in [0.25, 0.3) is 0 Å². The van der Waals surface area contributed by atoms with E-state index in [-0.39, 0.29) is 11.2 Å². The van der Waals surface area contributed by atoms with Crippen molar-refractivity contribution in [2.45, 2.75) is 40.0 Å². The lowest BCUT2D eigenvalue weighted by Crippen LogP contribution is -2.34. The molecule has 0 bridgehead atoms. The molecule has 108 valence electrons. The van der Waals surface area contributed by atoms with Crippen LogP contribution in [0.5, 0.6) is 5.75 Å². The van der Waals surface area contributed by atoms with Crippen LogP contribution < -0.4 is 10.1 Å². The lowest BCUT2D eigenvalue weighted by Gasteiger charge is -2.30. The molecule has 19 heavy (non-hydrogen) atoms. The molecule has 0 saturated heterocycles. The number of halogens is 1. The van der Waals surface area contributed by atoms with E-state index in [1.165, 1.54) is 7.11 Å². The summed E-state index contributed by atoms with van der Waals surface area (Å²) in [4.78, 5) is 0. The van der Waals surface area contributed by atoms with Crippen molar-refractivity contribution in [1.82, 2.24) is 5.32 Å². The Kier molecular flexibility index (Phi) is 6.29. The Labute approximate surface area is 116 Å². The molecule has 0 amide bonds. The molecule has 0 radical (unpaired) electrons. The van der Waals surface area contributed by atoms with Gasteiger partial charge in [0, 0.05) is 6.54 Å². The van der Waals surface area contributed by atoms with Gasteiger partial charge in [0.15, 0.2) is 11.6 Å². The van der Waals surface area contributed by atoms with Crippen molar-refractivity contribution in [3.63, 3.8) is 0 Å². The maximum Gasteiger partial charge on any atom is 0.168 e. The Morgan fingerprint density at radius 3 is 2.63 bits per heavy atom. The third-order valence-electron chi connectivity index (χ3n) is 3.54. The van der Waals surface area contributed by atoms with Crippen LogP contribution in [0.2, 0.25) is 0 Å². The van der Waals surface area contributed by atoms with Gasteiger partial charge in [-0.25, -0.2) is 4.39 Å². The van der Waals surface area contributed by atoms with Crippen LogP contribution in [0, 0.1) is 11.2 Å². The lowest BCUT2D eigenvalue weighted by atomic mass is 9.79. The van der Waals surface area contributed by atoms with E-state index in [9.17, 15) is 4.39 Å². The molecular weight excluding hydrogens is 241 g/mol. The van der Waals surface area contributed by atoms with Crippen LogP contribution in [0.4, 0.5) is 4.39 Å². The van der Waals surface area contributed by atoms with Gasteiger partial charge < -0.3 is 10.1 Å². The molecule has 3 heteroatoms. The average molecular weight is 267 g/mol. The van der Waals surface area contributed by atoms with Gasteiger partial charge >= 0.3 is 0 Å². The van der Waals surface area contributed by atoms with Gasteiger partial charge in [0.1, 0.15) is 0 Å². The highest BCUT2D eigenvalue weighted by molar-refractivity contribution is 5.31. The van der Waals surface area contributed by atoms with Crippen molar-refractivity contribution in [1.29, 1.82) is 0 Å². The first-order chi connectivity index (χ1) is 9.06. The van der Waals surface area contributed by atoms with Gasteiger partial charge in [-0.05, 0) is 36.4 Å². The third-order valence-corrected chi connectivity index (χ3v) is 3.54. The van der Waals surface area contributed by atoms with E-state index in [0.717, 1.165) is 37.9 Å².